The Kier molecular flexibility index (Phi) is 4.99. The van der Waals surface area contributed by atoms with Crippen molar-refractivity contribution in [3.63, 3.8) is 0 Å². The van der Waals surface area contributed by atoms with Crippen molar-refractivity contribution in [1.82, 2.24) is 4.31 Å². The molecule has 1 N–H and O–H groups in total. The van der Waals surface area contributed by atoms with E-state index in [0.29, 0.717) is 19.0 Å². The topological polar surface area (TPSA) is 57.6 Å². The number of hydrogen-bond acceptors (Lipinski definition) is 3. The van der Waals surface area contributed by atoms with Gasteiger partial charge in [-0.3, -0.25) is 0 Å². The van der Waals surface area contributed by atoms with Crippen molar-refractivity contribution < 1.29 is 17.9 Å². The minimum Gasteiger partial charge on any atom is -0.384 e. The second-order valence-corrected chi connectivity index (χ2v) is 6.94. The fourth-order valence-electron chi connectivity index (χ4n) is 2.03. The molecule has 1 aliphatic carbocycles. The van der Waals surface area contributed by atoms with Crippen LogP contribution in [0.2, 0.25) is 0 Å². The molecule has 0 amide bonds. The van der Waals surface area contributed by atoms with Gasteiger partial charge in [0.2, 0.25) is 10.0 Å². The van der Waals surface area contributed by atoms with Crippen molar-refractivity contribution >= 4 is 10.0 Å². The Balaban J connectivity index is 2.28. The van der Waals surface area contributed by atoms with E-state index in [1.54, 1.807) is 6.92 Å². The van der Waals surface area contributed by atoms with Crippen LogP contribution in [0, 0.1) is 23.6 Å². The van der Waals surface area contributed by atoms with Crippen LogP contribution >= 0.6 is 0 Å². The van der Waals surface area contributed by atoms with Gasteiger partial charge < -0.3 is 5.11 Å². The molecule has 0 radical (unpaired) electrons. The number of halogens is 1. The van der Waals surface area contributed by atoms with Crippen molar-refractivity contribution in [2.24, 2.45) is 5.92 Å². The van der Waals surface area contributed by atoms with E-state index in [9.17, 15) is 12.8 Å². The summed E-state index contributed by atoms with van der Waals surface area (Å²) in [5.41, 5.74) is 0.0771. The van der Waals surface area contributed by atoms with Crippen LogP contribution < -0.4 is 0 Å². The lowest BCUT2D eigenvalue weighted by molar-refractivity contribution is 0.350. The van der Waals surface area contributed by atoms with Crippen LogP contribution in [0.25, 0.3) is 0 Å². The maximum absolute atomic E-state index is 13.9. The number of rotatable bonds is 5. The third-order valence-electron chi connectivity index (χ3n) is 3.39. The van der Waals surface area contributed by atoms with Crippen molar-refractivity contribution in [1.29, 1.82) is 0 Å². The monoisotopic (exact) mass is 311 g/mol. The Morgan fingerprint density at radius 3 is 2.67 bits per heavy atom. The summed E-state index contributed by atoms with van der Waals surface area (Å²) in [6.45, 7) is 2.26. The van der Waals surface area contributed by atoms with Gasteiger partial charge in [-0.25, -0.2) is 12.8 Å². The predicted molar refractivity (Wildman–Crippen MR) is 77.5 cm³/mol. The predicted octanol–water partition coefficient (Wildman–Crippen LogP) is 1.59. The van der Waals surface area contributed by atoms with E-state index in [0.717, 1.165) is 18.9 Å². The number of sulfonamides is 1. The van der Waals surface area contributed by atoms with Gasteiger partial charge in [0.1, 0.15) is 12.4 Å². The van der Waals surface area contributed by atoms with Crippen LogP contribution in [0.3, 0.4) is 0 Å². The second kappa shape index (κ2) is 6.56. The zero-order valence-corrected chi connectivity index (χ0v) is 12.7. The number of hydrogen-bond donors (Lipinski definition) is 1. The van der Waals surface area contributed by atoms with Crippen LogP contribution in [0.4, 0.5) is 4.39 Å². The van der Waals surface area contributed by atoms with Crippen LogP contribution in [0.15, 0.2) is 23.1 Å². The average Bonchev–Trinajstić information content (AvgIpc) is 3.27. The highest BCUT2D eigenvalue weighted by molar-refractivity contribution is 7.89. The van der Waals surface area contributed by atoms with E-state index in [1.807, 2.05) is 0 Å². The fourth-order valence-corrected chi connectivity index (χ4v) is 3.56. The molecule has 0 atom stereocenters. The van der Waals surface area contributed by atoms with Crippen LogP contribution in [-0.2, 0) is 10.0 Å². The highest BCUT2D eigenvalue weighted by Crippen LogP contribution is 2.31. The van der Waals surface area contributed by atoms with Gasteiger partial charge in [0.15, 0.2) is 0 Å². The quantitative estimate of drug-likeness (QED) is 0.840. The lowest BCUT2D eigenvalue weighted by Gasteiger charge is -2.20. The Bertz CT molecular complexity index is 672. The Hall–Kier alpha value is -1.42. The zero-order chi connectivity index (χ0) is 15.5. The highest BCUT2D eigenvalue weighted by Gasteiger charge is 2.30. The third-order valence-corrected chi connectivity index (χ3v) is 5.33. The van der Waals surface area contributed by atoms with Crippen molar-refractivity contribution in [2.45, 2.75) is 24.7 Å². The highest BCUT2D eigenvalue weighted by atomic mass is 32.2. The Morgan fingerprint density at radius 1 is 1.43 bits per heavy atom. The van der Waals surface area contributed by atoms with E-state index >= 15 is 0 Å². The summed E-state index contributed by atoms with van der Waals surface area (Å²) in [6.07, 6.45) is 2.10. The van der Waals surface area contributed by atoms with Crippen LogP contribution in [0.1, 0.15) is 25.3 Å². The molecule has 0 bridgehead atoms. The molecule has 21 heavy (non-hydrogen) atoms. The molecule has 0 heterocycles. The Morgan fingerprint density at radius 2 is 2.14 bits per heavy atom. The summed E-state index contributed by atoms with van der Waals surface area (Å²) in [4.78, 5) is -0.0583. The summed E-state index contributed by atoms with van der Waals surface area (Å²) >= 11 is 0. The third kappa shape index (κ3) is 3.82. The zero-order valence-electron chi connectivity index (χ0n) is 11.8. The summed E-state index contributed by atoms with van der Waals surface area (Å²) in [6, 6.07) is 3.68. The standard InChI is InChI=1S/C15H18FNO3S/c1-2-17(11-12-5-6-12)21(19,20)14-8-7-13(4-3-9-18)15(16)10-14/h7-8,10,12,18H,2,5-6,9,11H2,1H3. The van der Waals surface area contributed by atoms with Crippen LogP contribution in [-0.4, -0.2) is 37.5 Å². The van der Waals surface area contributed by atoms with Crippen molar-refractivity contribution in [3.8, 4) is 11.8 Å². The number of aliphatic hydroxyl groups is 1. The first-order chi connectivity index (χ1) is 9.98. The first-order valence-electron chi connectivity index (χ1n) is 6.88. The SMILES string of the molecule is CCN(CC1CC1)S(=O)(=O)c1ccc(C#CCO)c(F)c1. The first-order valence-corrected chi connectivity index (χ1v) is 8.32. The van der Waals surface area contributed by atoms with Gasteiger partial charge in [0, 0.05) is 13.1 Å². The molecule has 0 saturated heterocycles. The minimum absolute atomic E-state index is 0.0583. The van der Waals surface area contributed by atoms with Gasteiger partial charge in [-0.05, 0) is 37.0 Å². The molecule has 6 heteroatoms. The number of nitrogens with zero attached hydrogens (tertiary/aromatic N) is 1. The maximum Gasteiger partial charge on any atom is 0.243 e. The lowest BCUT2D eigenvalue weighted by Crippen LogP contribution is -2.32. The number of benzene rings is 1. The van der Waals surface area contributed by atoms with Gasteiger partial charge in [-0.15, -0.1) is 0 Å². The molecule has 0 unspecified atom stereocenters. The minimum atomic E-state index is -3.67. The largest absolute Gasteiger partial charge is 0.384 e. The van der Waals surface area contributed by atoms with E-state index in [-0.39, 0.29) is 17.1 Å². The molecule has 4 nitrogen and oxygen atoms in total. The average molecular weight is 311 g/mol. The van der Waals surface area contributed by atoms with Gasteiger partial charge in [-0.2, -0.15) is 4.31 Å². The van der Waals surface area contributed by atoms with Gasteiger partial charge in [0.25, 0.3) is 0 Å². The summed E-state index contributed by atoms with van der Waals surface area (Å²) in [7, 11) is -3.67. The molecule has 1 fully saturated rings. The molecule has 1 aromatic rings. The maximum atomic E-state index is 13.9. The van der Waals surface area contributed by atoms with Crippen molar-refractivity contribution in [2.75, 3.05) is 19.7 Å². The molecule has 1 aromatic carbocycles. The summed E-state index contributed by atoms with van der Waals surface area (Å²) < 4.78 is 40.2. The normalized spacial score (nSPS) is 14.9. The summed E-state index contributed by atoms with van der Waals surface area (Å²) in [5.74, 6) is 4.52. The molecule has 0 aliphatic heterocycles. The van der Waals surface area contributed by atoms with Gasteiger partial charge in [0.05, 0.1) is 10.5 Å². The molecule has 1 saturated carbocycles. The smallest absolute Gasteiger partial charge is 0.243 e. The lowest BCUT2D eigenvalue weighted by atomic mass is 10.2. The molecule has 0 spiro atoms. The van der Waals surface area contributed by atoms with Gasteiger partial charge in [-0.1, -0.05) is 18.8 Å². The van der Waals surface area contributed by atoms with Crippen molar-refractivity contribution in [3.05, 3.63) is 29.6 Å². The van der Waals surface area contributed by atoms with Crippen LogP contribution in [0.5, 0.6) is 0 Å². The summed E-state index contributed by atoms with van der Waals surface area (Å²) in [5, 5.41) is 8.60. The second-order valence-electron chi connectivity index (χ2n) is 5.00. The number of aliphatic hydroxyl groups excluding tert-OH is 1. The Labute approximate surface area is 124 Å². The molecule has 0 aromatic heterocycles. The molecule has 1 aliphatic rings. The van der Waals surface area contributed by atoms with Gasteiger partial charge >= 0.3 is 0 Å². The molecule has 114 valence electrons. The molecule has 2 rings (SSSR count). The van der Waals surface area contributed by atoms with E-state index in [2.05, 4.69) is 11.8 Å². The van der Waals surface area contributed by atoms with E-state index < -0.39 is 15.8 Å². The molecular weight excluding hydrogens is 293 g/mol. The van der Waals surface area contributed by atoms with E-state index in [4.69, 9.17) is 5.11 Å². The van der Waals surface area contributed by atoms with E-state index in [1.165, 1.54) is 16.4 Å². The molecular formula is C15H18FNO3S. The fraction of sp³-hybridized carbons (Fsp3) is 0.467. The first kappa shape index (κ1) is 16.0.